The Labute approximate surface area is 91.8 Å². The zero-order chi connectivity index (χ0) is 11.7. The number of rotatable bonds is 4. The van der Waals surface area contributed by atoms with Crippen molar-refractivity contribution in [1.29, 1.82) is 0 Å². The van der Waals surface area contributed by atoms with Gasteiger partial charge in [-0.15, -0.1) is 0 Å². The van der Waals surface area contributed by atoms with E-state index in [2.05, 4.69) is 10.6 Å². The lowest BCUT2D eigenvalue weighted by Crippen LogP contribution is -2.20. The van der Waals surface area contributed by atoms with Crippen LogP contribution in [-0.2, 0) is 0 Å². The minimum Gasteiger partial charge on any atom is -0.426 e. The van der Waals surface area contributed by atoms with Crippen molar-refractivity contribution in [3.63, 3.8) is 0 Å². The van der Waals surface area contributed by atoms with Crippen molar-refractivity contribution in [1.82, 2.24) is 4.73 Å². The van der Waals surface area contributed by atoms with Crippen LogP contribution in [-0.4, -0.2) is 23.0 Å². The van der Waals surface area contributed by atoms with Crippen LogP contribution in [0.2, 0.25) is 0 Å². The van der Waals surface area contributed by atoms with E-state index in [1.807, 2.05) is 13.8 Å². The highest BCUT2D eigenvalue weighted by atomic mass is 16.7. The molecular formula is C9H14N4O3. The molecule has 0 saturated heterocycles. The Morgan fingerprint density at radius 3 is 2.75 bits per heavy atom. The fourth-order valence-electron chi connectivity index (χ4n) is 1.65. The van der Waals surface area contributed by atoms with E-state index in [9.17, 15) is 10.4 Å². The average molecular weight is 226 g/mol. The molecule has 0 radical (unpaired) electrons. The van der Waals surface area contributed by atoms with Crippen molar-refractivity contribution in [2.45, 2.75) is 13.8 Å². The summed E-state index contributed by atoms with van der Waals surface area (Å²) >= 11 is 0. The Kier molecular flexibility index (Phi) is 2.51. The first-order valence-electron chi connectivity index (χ1n) is 5.13. The molecule has 0 saturated carbocycles. The van der Waals surface area contributed by atoms with Gasteiger partial charge >= 0.3 is 0 Å². The molecule has 2 rings (SSSR count). The smallest absolute Gasteiger partial charge is 0.262 e. The highest BCUT2D eigenvalue weighted by Gasteiger charge is 2.20. The molecule has 7 nitrogen and oxygen atoms in total. The van der Waals surface area contributed by atoms with Crippen LogP contribution in [0.3, 0.4) is 0 Å². The summed E-state index contributed by atoms with van der Waals surface area (Å²) in [5, 5.41) is 26.9. The largest absolute Gasteiger partial charge is 0.426 e. The number of nitrogens with one attached hydrogen (secondary N) is 2. The minimum atomic E-state index is 0.313. The van der Waals surface area contributed by atoms with Gasteiger partial charge in [-0.3, -0.25) is 5.21 Å². The van der Waals surface area contributed by atoms with Gasteiger partial charge in [0.05, 0.1) is 0 Å². The lowest BCUT2D eigenvalue weighted by Gasteiger charge is -2.08. The molecule has 0 spiro atoms. The Bertz CT molecular complexity index is 502. The number of fused-ring (bicyclic) bond motifs is 1. The van der Waals surface area contributed by atoms with Crippen molar-refractivity contribution in [2.75, 3.05) is 23.7 Å². The van der Waals surface area contributed by atoms with Gasteiger partial charge in [-0.25, -0.2) is 0 Å². The van der Waals surface area contributed by atoms with Crippen LogP contribution in [0.1, 0.15) is 13.8 Å². The molecule has 3 N–H and O–H groups in total. The van der Waals surface area contributed by atoms with E-state index in [0.29, 0.717) is 40.6 Å². The number of hydrogen-bond donors (Lipinski definition) is 3. The summed E-state index contributed by atoms with van der Waals surface area (Å²) in [6, 6.07) is 0. The van der Waals surface area contributed by atoms with Crippen LogP contribution in [0.4, 0.5) is 11.5 Å². The van der Waals surface area contributed by atoms with Gasteiger partial charge in [0.15, 0.2) is 11.3 Å². The molecule has 0 aliphatic rings. The first-order chi connectivity index (χ1) is 7.69. The van der Waals surface area contributed by atoms with E-state index in [1.165, 1.54) is 6.20 Å². The summed E-state index contributed by atoms with van der Waals surface area (Å²) in [6.07, 6.45) is 1.18. The van der Waals surface area contributed by atoms with Crippen LogP contribution in [0.5, 0.6) is 0 Å². The number of anilines is 2. The van der Waals surface area contributed by atoms with E-state index >= 15 is 0 Å². The van der Waals surface area contributed by atoms with Gasteiger partial charge in [0.1, 0.15) is 11.3 Å². The fourth-order valence-corrected chi connectivity index (χ4v) is 1.65. The van der Waals surface area contributed by atoms with Gasteiger partial charge in [0, 0.05) is 18.0 Å². The average Bonchev–Trinajstić information content (AvgIpc) is 2.72. The molecule has 2 aromatic heterocycles. The van der Waals surface area contributed by atoms with Crippen LogP contribution in [0.15, 0.2) is 10.7 Å². The Morgan fingerprint density at radius 2 is 2.12 bits per heavy atom. The Balaban J connectivity index is 2.62. The maximum absolute atomic E-state index is 11.0. The van der Waals surface area contributed by atoms with Crippen molar-refractivity contribution in [2.24, 2.45) is 0 Å². The lowest BCUT2D eigenvalue weighted by molar-refractivity contribution is -0.788. The standard InChI is InChI=1S/C9H14N4O3/c1-3-10-7-8-6(5-12(14)16-8)13(15)9(7)11-4-2/h5,10-11,15H,3-4H2,1-2H3. The van der Waals surface area contributed by atoms with E-state index in [4.69, 9.17) is 4.52 Å². The van der Waals surface area contributed by atoms with Gasteiger partial charge in [0.2, 0.25) is 0 Å². The Morgan fingerprint density at radius 1 is 1.44 bits per heavy atom. The third kappa shape index (κ3) is 1.40. The summed E-state index contributed by atoms with van der Waals surface area (Å²) in [4.78, 5) is 0.313. The van der Waals surface area contributed by atoms with Gasteiger partial charge in [0.25, 0.3) is 6.20 Å². The summed E-state index contributed by atoms with van der Waals surface area (Å²) in [5.74, 6) is 0.499. The summed E-state index contributed by atoms with van der Waals surface area (Å²) < 4.78 is 5.85. The molecule has 0 aliphatic heterocycles. The molecule has 88 valence electrons. The second kappa shape index (κ2) is 3.84. The van der Waals surface area contributed by atoms with Crippen molar-refractivity contribution in [3.05, 3.63) is 11.4 Å². The number of hydrogen-bond acceptors (Lipinski definition) is 5. The molecule has 0 unspecified atom stereocenters. The van der Waals surface area contributed by atoms with Gasteiger partial charge in [-0.2, -0.15) is 4.73 Å². The highest BCUT2D eigenvalue weighted by molar-refractivity contribution is 5.95. The summed E-state index contributed by atoms with van der Waals surface area (Å²) in [6.45, 7) is 5.16. The van der Waals surface area contributed by atoms with Crippen molar-refractivity contribution >= 4 is 22.6 Å². The minimum absolute atomic E-state index is 0.313. The van der Waals surface area contributed by atoms with Gasteiger partial charge in [-0.05, 0) is 13.8 Å². The molecule has 7 heteroatoms. The van der Waals surface area contributed by atoms with Crippen molar-refractivity contribution in [3.8, 4) is 0 Å². The molecule has 2 heterocycles. The molecule has 16 heavy (non-hydrogen) atoms. The summed E-state index contributed by atoms with van der Waals surface area (Å²) in [5.41, 5.74) is 1.27. The zero-order valence-electron chi connectivity index (χ0n) is 9.15. The molecule has 0 amide bonds. The summed E-state index contributed by atoms with van der Waals surface area (Å²) in [7, 11) is 0. The molecule has 0 aliphatic carbocycles. The monoisotopic (exact) mass is 226 g/mol. The van der Waals surface area contributed by atoms with E-state index < -0.39 is 0 Å². The van der Waals surface area contributed by atoms with E-state index in [1.54, 1.807) is 0 Å². The van der Waals surface area contributed by atoms with Crippen LogP contribution < -0.4 is 15.5 Å². The fraction of sp³-hybridized carbons (Fsp3) is 0.444. The molecule has 0 aromatic carbocycles. The zero-order valence-corrected chi connectivity index (χ0v) is 9.15. The van der Waals surface area contributed by atoms with Crippen LogP contribution in [0, 0.1) is 5.21 Å². The normalized spacial score (nSPS) is 10.9. The predicted molar refractivity (Wildman–Crippen MR) is 58.7 cm³/mol. The first kappa shape index (κ1) is 10.5. The van der Waals surface area contributed by atoms with Crippen LogP contribution >= 0.6 is 0 Å². The predicted octanol–water partition coefficient (Wildman–Crippen LogP) is 0.969. The third-order valence-electron chi connectivity index (χ3n) is 2.24. The molecule has 2 aromatic rings. The topological polar surface area (TPSA) is 89.3 Å². The van der Waals surface area contributed by atoms with E-state index in [0.717, 1.165) is 4.73 Å². The lowest BCUT2D eigenvalue weighted by atomic mass is 10.4. The number of aromatic nitrogens is 2. The maximum Gasteiger partial charge on any atom is 0.262 e. The Hall–Kier alpha value is -2.05. The van der Waals surface area contributed by atoms with Gasteiger partial charge in [-0.1, -0.05) is 0 Å². The third-order valence-corrected chi connectivity index (χ3v) is 2.24. The molecular weight excluding hydrogens is 212 g/mol. The second-order valence-corrected chi connectivity index (χ2v) is 3.32. The SMILES string of the molecule is CCNc1c(NCC)n(O)c2c[n+]([O-])oc12. The van der Waals surface area contributed by atoms with Crippen LogP contribution in [0.25, 0.3) is 11.1 Å². The first-order valence-corrected chi connectivity index (χ1v) is 5.13. The number of nitrogens with zero attached hydrogens (tertiary/aromatic N) is 2. The molecule has 0 bridgehead atoms. The molecule has 0 atom stereocenters. The molecule has 0 fully saturated rings. The second-order valence-electron chi connectivity index (χ2n) is 3.32. The van der Waals surface area contributed by atoms with E-state index in [-0.39, 0.29) is 0 Å². The van der Waals surface area contributed by atoms with Crippen molar-refractivity contribution < 1.29 is 14.6 Å². The highest BCUT2D eigenvalue weighted by Crippen LogP contribution is 2.33. The van der Waals surface area contributed by atoms with Gasteiger partial charge < -0.3 is 20.4 Å². The quantitative estimate of drug-likeness (QED) is 0.534. The maximum atomic E-state index is 11.0.